The molecule has 0 aliphatic carbocycles. The van der Waals surface area contributed by atoms with Crippen molar-refractivity contribution in [3.05, 3.63) is 35.9 Å². The molecular formula is C41H67N9O10. The molecule has 0 aliphatic heterocycles. The SMILES string of the molecule is CCCCC(CC)C[C@H](NC(=O)[C@H](CCC(N)=O)NC(=O)CN=C(N(C)C)N(C)C)C(=O)N[C@@H](CC(=O)O)C(=O)N[C@@H](CC(C)C)C(=O)N[C@@H](Cc1ccccc1)C(=O)O. The summed E-state index contributed by atoms with van der Waals surface area (Å²) in [5.41, 5.74) is 6.02. The van der Waals surface area contributed by atoms with Gasteiger partial charge >= 0.3 is 11.9 Å². The summed E-state index contributed by atoms with van der Waals surface area (Å²) < 4.78 is 0. The number of carbonyl (C=O) groups is 8. The largest absolute Gasteiger partial charge is 0.481 e. The number of aliphatic imine (C=N–C) groups is 1. The number of rotatable bonds is 27. The van der Waals surface area contributed by atoms with Crippen LogP contribution in [0.25, 0.3) is 0 Å². The van der Waals surface area contributed by atoms with Gasteiger partial charge in [0, 0.05) is 41.0 Å². The van der Waals surface area contributed by atoms with E-state index in [1.807, 2.05) is 13.8 Å². The van der Waals surface area contributed by atoms with Crippen molar-refractivity contribution in [3.63, 3.8) is 0 Å². The molecule has 1 aromatic carbocycles. The number of benzene rings is 1. The average molecular weight is 846 g/mol. The van der Waals surface area contributed by atoms with E-state index < -0.39 is 84.0 Å². The van der Waals surface area contributed by atoms with E-state index in [9.17, 15) is 48.6 Å². The fourth-order valence-electron chi connectivity index (χ4n) is 6.39. The zero-order valence-electron chi connectivity index (χ0n) is 36.3. The molecule has 60 heavy (non-hydrogen) atoms. The summed E-state index contributed by atoms with van der Waals surface area (Å²) in [6, 6.07) is 1.61. The maximum Gasteiger partial charge on any atom is 0.326 e. The van der Waals surface area contributed by atoms with Crippen LogP contribution in [-0.2, 0) is 44.8 Å². The van der Waals surface area contributed by atoms with E-state index in [1.165, 1.54) is 0 Å². The molecule has 6 amide bonds. The number of carbonyl (C=O) groups excluding carboxylic acids is 6. The predicted octanol–water partition coefficient (Wildman–Crippen LogP) is 0.610. The highest BCUT2D eigenvalue weighted by molar-refractivity contribution is 5.97. The lowest BCUT2D eigenvalue weighted by molar-refractivity contribution is -0.143. The van der Waals surface area contributed by atoms with Gasteiger partial charge in [-0.2, -0.15) is 0 Å². The lowest BCUT2D eigenvalue weighted by Crippen LogP contribution is -2.59. The van der Waals surface area contributed by atoms with Gasteiger partial charge in [-0.1, -0.05) is 83.7 Å². The molecule has 336 valence electrons. The van der Waals surface area contributed by atoms with E-state index in [2.05, 4.69) is 31.6 Å². The summed E-state index contributed by atoms with van der Waals surface area (Å²) in [6.45, 7) is 7.10. The molecule has 0 heterocycles. The standard InChI is InChI=1S/C41H67N9O10/c1-9-11-15-26(10-2)21-30(46-36(55)28(18-19-33(42)51)44-34(52)24-43-41(49(5)6)50(7)8)38(57)47-31(23-35(53)54)39(58)45-29(20-25(3)4)37(56)48-32(40(59)60)22-27-16-13-12-14-17-27/h12-14,16-17,25-26,28-32H,9-11,15,18-24H2,1-8H3,(H2,42,51)(H,44,52)(H,45,58)(H,46,55)(H,47,57)(H,48,56)(H,53,54)(H,59,60)/t26?,28-,29-,30-,31-,32-/m0/s1. The van der Waals surface area contributed by atoms with Crippen molar-refractivity contribution in [2.75, 3.05) is 34.7 Å². The maximum absolute atomic E-state index is 14.1. The van der Waals surface area contributed by atoms with Crippen molar-refractivity contribution in [2.24, 2.45) is 22.6 Å². The summed E-state index contributed by atoms with van der Waals surface area (Å²) in [5, 5.41) is 32.3. The first-order valence-electron chi connectivity index (χ1n) is 20.3. The van der Waals surface area contributed by atoms with Crippen LogP contribution in [0.2, 0.25) is 0 Å². The van der Waals surface area contributed by atoms with Gasteiger partial charge in [-0.05, 0) is 36.7 Å². The highest BCUT2D eigenvalue weighted by atomic mass is 16.4. The second-order valence-corrected chi connectivity index (χ2v) is 15.7. The summed E-state index contributed by atoms with van der Waals surface area (Å²) in [7, 11) is 6.97. The molecule has 0 saturated carbocycles. The van der Waals surface area contributed by atoms with Crippen LogP contribution < -0.4 is 32.3 Å². The Bertz CT molecular complexity index is 1610. The van der Waals surface area contributed by atoms with Crippen molar-refractivity contribution in [3.8, 4) is 0 Å². The first-order valence-corrected chi connectivity index (χ1v) is 20.3. The summed E-state index contributed by atoms with van der Waals surface area (Å²) in [6.07, 6.45) is 1.70. The molecule has 0 radical (unpaired) electrons. The number of carboxylic acids is 2. The third kappa shape index (κ3) is 20.3. The molecule has 0 aromatic heterocycles. The molecule has 9 N–H and O–H groups in total. The lowest BCUT2D eigenvalue weighted by Gasteiger charge is -2.28. The average Bonchev–Trinajstić information content (AvgIpc) is 3.16. The van der Waals surface area contributed by atoms with Gasteiger partial charge in [0.1, 0.15) is 36.8 Å². The lowest BCUT2D eigenvalue weighted by atomic mass is 9.91. The van der Waals surface area contributed by atoms with Crippen LogP contribution in [0.1, 0.15) is 91.0 Å². The highest BCUT2D eigenvalue weighted by Crippen LogP contribution is 2.20. The summed E-state index contributed by atoms with van der Waals surface area (Å²) in [4.78, 5) is 112. The third-order valence-corrected chi connectivity index (χ3v) is 9.49. The molecule has 1 aromatic rings. The number of unbranched alkanes of at least 4 members (excludes halogenated alkanes) is 1. The van der Waals surface area contributed by atoms with Crippen molar-refractivity contribution in [2.45, 2.75) is 122 Å². The number of nitrogens with zero attached hydrogens (tertiary/aromatic N) is 3. The third-order valence-electron chi connectivity index (χ3n) is 9.49. The smallest absolute Gasteiger partial charge is 0.326 e. The van der Waals surface area contributed by atoms with Crippen molar-refractivity contribution < 1.29 is 48.6 Å². The van der Waals surface area contributed by atoms with Crippen molar-refractivity contribution in [1.82, 2.24) is 36.4 Å². The Balaban J connectivity index is 3.45. The second-order valence-electron chi connectivity index (χ2n) is 15.7. The van der Waals surface area contributed by atoms with E-state index in [-0.39, 0.29) is 50.5 Å². The molecule has 6 atom stereocenters. The normalized spacial score (nSPS) is 13.9. The van der Waals surface area contributed by atoms with Gasteiger partial charge in [0.15, 0.2) is 5.96 Å². The molecule has 0 spiro atoms. The minimum absolute atomic E-state index is 0.0408. The fourth-order valence-corrected chi connectivity index (χ4v) is 6.39. The number of guanidine groups is 1. The highest BCUT2D eigenvalue weighted by Gasteiger charge is 2.34. The van der Waals surface area contributed by atoms with Gasteiger partial charge in [-0.15, -0.1) is 0 Å². The molecular weight excluding hydrogens is 779 g/mol. The number of primary amides is 1. The number of nitrogens with one attached hydrogen (secondary N) is 5. The number of carboxylic acid groups (broad SMARTS) is 2. The Morgan fingerprint density at radius 3 is 1.70 bits per heavy atom. The van der Waals surface area contributed by atoms with E-state index in [1.54, 1.807) is 82.2 Å². The monoisotopic (exact) mass is 846 g/mol. The number of aliphatic carboxylic acids is 2. The maximum atomic E-state index is 14.1. The number of hydrogen-bond donors (Lipinski definition) is 8. The molecule has 0 aliphatic rings. The minimum Gasteiger partial charge on any atom is -0.481 e. The minimum atomic E-state index is -1.72. The van der Waals surface area contributed by atoms with Gasteiger partial charge in [0.05, 0.1) is 6.42 Å². The first-order chi connectivity index (χ1) is 28.2. The van der Waals surface area contributed by atoms with E-state index in [0.717, 1.165) is 12.8 Å². The molecule has 0 bridgehead atoms. The van der Waals surface area contributed by atoms with Gasteiger partial charge < -0.3 is 52.3 Å². The zero-order chi connectivity index (χ0) is 45.5. The predicted molar refractivity (Wildman–Crippen MR) is 225 cm³/mol. The molecule has 19 heteroatoms. The molecule has 0 saturated heterocycles. The van der Waals surface area contributed by atoms with Crippen LogP contribution in [0.3, 0.4) is 0 Å². The number of amides is 6. The molecule has 19 nitrogen and oxygen atoms in total. The second kappa shape index (κ2) is 27.1. The zero-order valence-corrected chi connectivity index (χ0v) is 36.3. The van der Waals surface area contributed by atoms with E-state index >= 15 is 0 Å². The molecule has 1 unspecified atom stereocenters. The quantitative estimate of drug-likeness (QED) is 0.0447. The Hall–Kier alpha value is -5.75. The van der Waals surface area contributed by atoms with Crippen LogP contribution in [-0.4, -0.2) is 138 Å². The molecule has 0 fully saturated rings. The van der Waals surface area contributed by atoms with Crippen molar-refractivity contribution >= 4 is 53.3 Å². The summed E-state index contributed by atoms with van der Waals surface area (Å²) in [5.74, 6) is -7.50. The molecule has 1 rings (SSSR count). The Morgan fingerprint density at radius 2 is 1.22 bits per heavy atom. The van der Waals surface area contributed by atoms with Gasteiger partial charge in [-0.3, -0.25) is 33.6 Å². The van der Waals surface area contributed by atoms with Crippen LogP contribution >= 0.6 is 0 Å². The Labute approximate surface area is 353 Å². The van der Waals surface area contributed by atoms with Crippen LogP contribution in [0.15, 0.2) is 35.3 Å². The van der Waals surface area contributed by atoms with E-state index in [0.29, 0.717) is 24.4 Å². The van der Waals surface area contributed by atoms with Crippen LogP contribution in [0.5, 0.6) is 0 Å². The van der Waals surface area contributed by atoms with Gasteiger partial charge in [0.25, 0.3) is 0 Å². The van der Waals surface area contributed by atoms with Gasteiger partial charge in [0.2, 0.25) is 35.4 Å². The Kier molecular flexibility index (Phi) is 23.6. The van der Waals surface area contributed by atoms with Crippen molar-refractivity contribution in [1.29, 1.82) is 0 Å². The fraction of sp³-hybridized carbons (Fsp3) is 0.634. The van der Waals surface area contributed by atoms with E-state index in [4.69, 9.17) is 5.73 Å². The van der Waals surface area contributed by atoms with Crippen LogP contribution in [0.4, 0.5) is 0 Å². The summed E-state index contributed by atoms with van der Waals surface area (Å²) >= 11 is 0. The topological polar surface area (TPSA) is 282 Å². The van der Waals surface area contributed by atoms with Crippen LogP contribution in [0, 0.1) is 11.8 Å². The first kappa shape index (κ1) is 52.3. The Morgan fingerprint density at radius 1 is 0.700 bits per heavy atom. The van der Waals surface area contributed by atoms with Gasteiger partial charge in [-0.25, -0.2) is 9.79 Å². The number of nitrogens with two attached hydrogens (primary N) is 1. The number of hydrogen-bond acceptors (Lipinski definition) is 9.